The van der Waals surface area contributed by atoms with Crippen LogP contribution in [0.5, 0.6) is 0 Å². The van der Waals surface area contributed by atoms with Crippen molar-refractivity contribution in [2.75, 3.05) is 42.7 Å². The Labute approximate surface area is 182 Å². The molecule has 12 heteroatoms. The fourth-order valence-corrected chi connectivity index (χ4v) is 3.04. The molecule has 1 aliphatic carbocycles. The molecule has 0 atom stereocenters. The Kier molecular flexibility index (Phi) is 9.32. The van der Waals surface area contributed by atoms with Crippen molar-refractivity contribution in [2.24, 2.45) is 0 Å². The van der Waals surface area contributed by atoms with Crippen LogP contribution in [0, 0.1) is 0 Å². The van der Waals surface area contributed by atoms with E-state index in [-0.39, 0.29) is 24.0 Å². The normalized spacial score (nSPS) is 12.4. The fraction of sp³-hybridized carbons (Fsp3) is 0.400. The van der Waals surface area contributed by atoms with Gasteiger partial charge in [0.25, 0.3) is 0 Å². The third-order valence-electron chi connectivity index (χ3n) is 4.42. The summed E-state index contributed by atoms with van der Waals surface area (Å²) in [5.41, 5.74) is -2.88. The second-order valence-electron chi connectivity index (χ2n) is 5.91. The van der Waals surface area contributed by atoms with E-state index in [9.17, 15) is 28.8 Å². The third kappa shape index (κ3) is 5.02. The summed E-state index contributed by atoms with van der Waals surface area (Å²) in [5, 5.41) is 0. The summed E-state index contributed by atoms with van der Waals surface area (Å²) in [6, 6.07) is 0. The maximum atomic E-state index is 12.5. The van der Waals surface area contributed by atoms with E-state index in [0.717, 1.165) is 42.7 Å². The number of esters is 6. The maximum absolute atomic E-state index is 12.5. The first-order valence-electron chi connectivity index (χ1n) is 8.86. The highest BCUT2D eigenvalue weighted by atomic mass is 16.6. The average Bonchev–Trinajstić information content (AvgIpc) is 3.21. The zero-order valence-corrected chi connectivity index (χ0v) is 18.3. The van der Waals surface area contributed by atoms with Crippen LogP contribution in [0.25, 0.3) is 0 Å². The Hall–Kier alpha value is -3.96. The second kappa shape index (κ2) is 11.4. The Morgan fingerprint density at radius 1 is 0.438 bits per heavy atom. The predicted octanol–water partition coefficient (Wildman–Crippen LogP) is -0.292. The Morgan fingerprint density at radius 2 is 0.656 bits per heavy atom. The van der Waals surface area contributed by atoms with Gasteiger partial charge in [0.2, 0.25) is 0 Å². The van der Waals surface area contributed by atoms with Crippen molar-refractivity contribution in [1.29, 1.82) is 0 Å². The highest BCUT2D eigenvalue weighted by Crippen LogP contribution is 2.42. The van der Waals surface area contributed by atoms with Gasteiger partial charge in [0.1, 0.15) is 11.1 Å². The van der Waals surface area contributed by atoms with Crippen LogP contribution in [-0.2, 0) is 57.2 Å². The van der Waals surface area contributed by atoms with E-state index < -0.39 is 58.1 Å². The molecule has 0 N–H and O–H groups in total. The first kappa shape index (κ1) is 26.1. The van der Waals surface area contributed by atoms with E-state index >= 15 is 0 Å². The SMILES string of the molecule is COC(=O)C(C(=O)OC)=C1CCC(=C(C(=O)OC)C(=O)OC)C1=C(C(=O)OC)C(=O)OC. The van der Waals surface area contributed by atoms with Crippen molar-refractivity contribution < 1.29 is 57.2 Å². The highest BCUT2D eigenvalue weighted by Gasteiger charge is 2.41. The van der Waals surface area contributed by atoms with Crippen molar-refractivity contribution in [1.82, 2.24) is 0 Å². The largest absolute Gasteiger partial charge is 0.465 e. The van der Waals surface area contributed by atoms with Crippen LogP contribution >= 0.6 is 0 Å². The summed E-state index contributed by atoms with van der Waals surface area (Å²) in [6.45, 7) is 0. The topological polar surface area (TPSA) is 158 Å². The van der Waals surface area contributed by atoms with Crippen molar-refractivity contribution in [3.8, 4) is 0 Å². The lowest BCUT2D eigenvalue weighted by molar-refractivity contribution is -0.146. The van der Waals surface area contributed by atoms with E-state index in [2.05, 4.69) is 28.4 Å². The van der Waals surface area contributed by atoms with E-state index in [0.29, 0.717) is 0 Å². The quantitative estimate of drug-likeness (QED) is 0.170. The minimum atomic E-state index is -1.22. The van der Waals surface area contributed by atoms with Gasteiger partial charge >= 0.3 is 35.8 Å². The predicted molar refractivity (Wildman–Crippen MR) is 102 cm³/mol. The highest BCUT2D eigenvalue weighted by molar-refractivity contribution is 6.21. The van der Waals surface area contributed by atoms with Crippen LogP contribution in [0.2, 0.25) is 0 Å². The van der Waals surface area contributed by atoms with Gasteiger partial charge in [0.05, 0.1) is 42.7 Å². The zero-order chi connectivity index (χ0) is 24.6. The van der Waals surface area contributed by atoms with Crippen LogP contribution in [0.1, 0.15) is 12.8 Å². The molecule has 12 nitrogen and oxygen atoms in total. The van der Waals surface area contributed by atoms with E-state index in [1.807, 2.05) is 0 Å². The molecule has 32 heavy (non-hydrogen) atoms. The van der Waals surface area contributed by atoms with Crippen molar-refractivity contribution in [2.45, 2.75) is 12.8 Å². The molecule has 1 saturated carbocycles. The van der Waals surface area contributed by atoms with Gasteiger partial charge < -0.3 is 28.4 Å². The first-order valence-corrected chi connectivity index (χ1v) is 8.86. The number of hydrogen-bond acceptors (Lipinski definition) is 12. The number of allylic oxidation sites excluding steroid dienone is 3. The number of methoxy groups -OCH3 is 6. The van der Waals surface area contributed by atoms with E-state index in [1.165, 1.54) is 0 Å². The molecule has 1 rings (SSSR count). The molecule has 0 aromatic carbocycles. The van der Waals surface area contributed by atoms with Gasteiger partial charge in [-0.1, -0.05) is 0 Å². The Morgan fingerprint density at radius 3 is 0.875 bits per heavy atom. The van der Waals surface area contributed by atoms with E-state index in [4.69, 9.17) is 0 Å². The summed E-state index contributed by atoms with van der Waals surface area (Å²) in [7, 11) is 5.92. The lowest BCUT2D eigenvalue weighted by Crippen LogP contribution is -2.24. The van der Waals surface area contributed by atoms with Crippen LogP contribution in [0.4, 0.5) is 0 Å². The molecule has 0 amide bonds. The number of rotatable bonds is 6. The van der Waals surface area contributed by atoms with Gasteiger partial charge in [0.15, 0.2) is 5.57 Å². The average molecular weight is 454 g/mol. The van der Waals surface area contributed by atoms with Crippen molar-refractivity contribution in [3.05, 3.63) is 33.4 Å². The monoisotopic (exact) mass is 454 g/mol. The van der Waals surface area contributed by atoms with Crippen LogP contribution in [0.3, 0.4) is 0 Å². The van der Waals surface area contributed by atoms with Gasteiger partial charge in [-0.2, -0.15) is 0 Å². The fourth-order valence-electron chi connectivity index (χ4n) is 3.04. The van der Waals surface area contributed by atoms with Gasteiger partial charge in [-0.25, -0.2) is 28.8 Å². The molecular formula is C20H22O12. The van der Waals surface area contributed by atoms with Crippen LogP contribution in [0.15, 0.2) is 33.4 Å². The molecule has 0 heterocycles. The number of carbonyl (C=O) groups excluding carboxylic acids is 6. The summed E-state index contributed by atoms with van der Waals surface area (Å²) < 4.78 is 27.8. The zero-order valence-electron chi connectivity index (χ0n) is 18.3. The Balaban J connectivity index is 4.33. The minimum absolute atomic E-state index is 0.167. The number of hydrogen-bond donors (Lipinski definition) is 0. The standard InChI is InChI=1S/C20H22O12/c1-27-15(21)12(16(22)28-2)9-7-8-10(13(17(23)29-3)18(24)30-4)11(9)14(19(25)31-5)20(26)32-6/h7-8H2,1-6H3. The molecule has 0 aromatic heterocycles. The summed E-state index contributed by atoms with van der Waals surface area (Å²) in [5.74, 6) is -7.00. The lowest BCUT2D eigenvalue weighted by atomic mass is 9.92. The van der Waals surface area contributed by atoms with Gasteiger partial charge in [-0.05, 0) is 24.0 Å². The summed E-state index contributed by atoms with van der Waals surface area (Å²) in [6.07, 6.45) is -0.335. The maximum Gasteiger partial charge on any atom is 0.345 e. The summed E-state index contributed by atoms with van der Waals surface area (Å²) >= 11 is 0. The van der Waals surface area contributed by atoms with Crippen molar-refractivity contribution >= 4 is 35.8 Å². The molecule has 0 unspecified atom stereocenters. The minimum Gasteiger partial charge on any atom is -0.465 e. The number of carbonyl (C=O) groups is 6. The third-order valence-corrected chi connectivity index (χ3v) is 4.42. The van der Waals surface area contributed by atoms with E-state index in [1.54, 1.807) is 0 Å². The summed E-state index contributed by atoms with van der Waals surface area (Å²) in [4.78, 5) is 74.5. The molecule has 0 aliphatic heterocycles. The van der Waals surface area contributed by atoms with Crippen LogP contribution in [-0.4, -0.2) is 78.5 Å². The van der Waals surface area contributed by atoms with Gasteiger partial charge in [0, 0.05) is 5.57 Å². The first-order chi connectivity index (χ1) is 15.1. The molecule has 174 valence electrons. The molecule has 0 spiro atoms. The lowest BCUT2D eigenvalue weighted by Gasteiger charge is -2.15. The molecular weight excluding hydrogens is 432 g/mol. The molecule has 0 radical (unpaired) electrons. The van der Waals surface area contributed by atoms with Gasteiger partial charge in [-0.15, -0.1) is 0 Å². The molecule has 0 saturated heterocycles. The number of ether oxygens (including phenoxy) is 6. The molecule has 0 aromatic rings. The van der Waals surface area contributed by atoms with Crippen LogP contribution < -0.4 is 0 Å². The molecule has 0 bridgehead atoms. The van der Waals surface area contributed by atoms with Gasteiger partial charge in [-0.3, -0.25) is 0 Å². The smallest absolute Gasteiger partial charge is 0.345 e. The second-order valence-corrected chi connectivity index (χ2v) is 5.91. The Bertz CT molecular complexity index is 838. The molecule has 1 aliphatic rings. The van der Waals surface area contributed by atoms with Crippen molar-refractivity contribution in [3.63, 3.8) is 0 Å². The molecule has 1 fully saturated rings.